The van der Waals surface area contributed by atoms with Crippen LogP contribution in [0, 0.1) is 0 Å². The molecule has 4 aromatic heterocycles. The van der Waals surface area contributed by atoms with E-state index in [4.69, 9.17) is 14.4 Å². The molecule has 0 radical (unpaired) electrons. The van der Waals surface area contributed by atoms with Crippen LogP contribution in [0.4, 0.5) is 0 Å². The Bertz CT molecular complexity index is 3440. The van der Waals surface area contributed by atoms with Gasteiger partial charge in [0, 0.05) is 37.2 Å². The van der Waals surface area contributed by atoms with Crippen molar-refractivity contribution >= 4 is 108 Å². The molecular weight excluding hydrogens is 643 g/mol. The van der Waals surface area contributed by atoms with Crippen molar-refractivity contribution in [2.24, 2.45) is 0 Å². The summed E-state index contributed by atoms with van der Waals surface area (Å²) in [5.41, 5.74) is 6.28. The molecule has 0 atom stereocenters. The first-order valence-corrected chi connectivity index (χ1v) is 18.0. The normalized spacial score (nSPS) is 12.3. The van der Waals surface area contributed by atoms with Gasteiger partial charge in [0.1, 0.15) is 16.8 Å². The van der Waals surface area contributed by atoms with Gasteiger partial charge in [-0.25, -0.2) is 9.97 Å². The van der Waals surface area contributed by atoms with E-state index in [2.05, 4.69) is 138 Å². The minimum Gasteiger partial charge on any atom is -0.452 e. The smallest absolute Gasteiger partial charge is 0.236 e. The number of thiophene rings is 1. The third-order valence-corrected chi connectivity index (χ3v) is 11.8. The fourth-order valence-corrected chi connectivity index (χ4v) is 9.63. The molecule has 0 saturated carbocycles. The largest absolute Gasteiger partial charge is 0.452 e. The highest BCUT2D eigenvalue weighted by Gasteiger charge is 2.25. The molecule has 236 valence electrons. The maximum absolute atomic E-state index is 6.60. The van der Waals surface area contributed by atoms with E-state index in [0.717, 1.165) is 44.2 Å². The summed E-state index contributed by atoms with van der Waals surface area (Å²) in [7, 11) is 0. The van der Waals surface area contributed by atoms with Gasteiger partial charge in [0.15, 0.2) is 5.58 Å². The van der Waals surface area contributed by atoms with E-state index in [1.807, 2.05) is 29.5 Å². The molecule has 0 spiro atoms. The van der Waals surface area contributed by atoms with E-state index >= 15 is 0 Å². The lowest BCUT2D eigenvalue weighted by molar-refractivity contribution is 0.666. The van der Waals surface area contributed by atoms with Gasteiger partial charge in [0.05, 0.1) is 15.7 Å². The lowest BCUT2D eigenvalue weighted by Crippen LogP contribution is -2.03. The molecule has 12 aromatic rings. The maximum atomic E-state index is 6.60. The number of furan rings is 1. The summed E-state index contributed by atoms with van der Waals surface area (Å²) in [5.74, 6) is 0.628. The Labute approximate surface area is 294 Å². The van der Waals surface area contributed by atoms with E-state index in [1.165, 1.54) is 57.9 Å². The number of benzene rings is 8. The minimum atomic E-state index is 0.628. The van der Waals surface area contributed by atoms with Gasteiger partial charge in [-0.1, -0.05) is 121 Å². The SMILES string of the molecule is c1ccc2c(c1)ccc1cc(-c3nc(-n4c5ccccc5c5c6ccccc6c6c7ccccc7sc6c54)nc4c3oc3ccccc34)ccc12. The van der Waals surface area contributed by atoms with Crippen LogP contribution in [0.15, 0.2) is 156 Å². The third kappa shape index (κ3) is 3.68. The van der Waals surface area contributed by atoms with E-state index in [9.17, 15) is 0 Å². The second kappa shape index (κ2) is 10.0. The monoisotopic (exact) mass is 667 g/mol. The van der Waals surface area contributed by atoms with Crippen LogP contribution in [0.5, 0.6) is 0 Å². The first-order chi connectivity index (χ1) is 25.3. The molecule has 4 heterocycles. The van der Waals surface area contributed by atoms with Crippen molar-refractivity contribution in [1.82, 2.24) is 14.5 Å². The third-order valence-electron chi connectivity index (χ3n) is 10.6. The molecule has 0 N–H and O–H groups in total. The predicted molar refractivity (Wildman–Crippen MR) is 214 cm³/mol. The van der Waals surface area contributed by atoms with Crippen LogP contribution >= 0.6 is 11.3 Å². The summed E-state index contributed by atoms with van der Waals surface area (Å²) < 4.78 is 11.4. The Morgan fingerprint density at radius 2 is 1.18 bits per heavy atom. The van der Waals surface area contributed by atoms with Gasteiger partial charge in [-0.05, 0) is 62.6 Å². The van der Waals surface area contributed by atoms with Crippen LogP contribution in [0.2, 0.25) is 0 Å². The molecule has 51 heavy (non-hydrogen) atoms. The molecule has 0 amide bonds. The quantitative estimate of drug-likeness (QED) is 0.172. The van der Waals surface area contributed by atoms with Crippen LogP contribution in [-0.4, -0.2) is 14.5 Å². The molecule has 0 aliphatic carbocycles. The van der Waals surface area contributed by atoms with Crippen LogP contribution in [0.25, 0.3) is 114 Å². The average molecular weight is 668 g/mol. The minimum absolute atomic E-state index is 0.628. The molecule has 0 unspecified atom stereocenters. The summed E-state index contributed by atoms with van der Waals surface area (Å²) in [6, 6.07) is 54.0. The second-order valence-electron chi connectivity index (χ2n) is 13.3. The first kappa shape index (κ1) is 27.3. The van der Waals surface area contributed by atoms with Gasteiger partial charge in [-0.2, -0.15) is 0 Å². The molecule has 12 rings (SSSR count). The van der Waals surface area contributed by atoms with Crippen molar-refractivity contribution in [3.8, 4) is 17.2 Å². The summed E-state index contributed by atoms with van der Waals surface area (Å²) >= 11 is 1.85. The standard InChI is InChI=1S/C46H25N3OS/c1-2-12-29-26(11-1)21-22-27-25-28(23-24-30(27)29)41-44-42(34-16-6-9-19-37(34)50-44)48-46(47-41)49-36-18-8-5-15-33(36)39-31-13-3-4-14-32(31)40-35-17-7-10-20-38(35)51-45(40)43(39)49/h1-25H. The maximum Gasteiger partial charge on any atom is 0.236 e. The number of para-hydroxylation sites is 2. The first-order valence-electron chi connectivity index (χ1n) is 17.2. The molecule has 4 nitrogen and oxygen atoms in total. The highest BCUT2D eigenvalue weighted by atomic mass is 32.1. The average Bonchev–Trinajstić information content (AvgIpc) is 3.87. The fraction of sp³-hybridized carbons (Fsp3) is 0. The number of hydrogen-bond donors (Lipinski definition) is 0. The van der Waals surface area contributed by atoms with E-state index in [0.29, 0.717) is 11.5 Å². The lowest BCUT2D eigenvalue weighted by Gasteiger charge is -2.11. The van der Waals surface area contributed by atoms with Crippen LogP contribution in [-0.2, 0) is 0 Å². The summed E-state index contributed by atoms with van der Waals surface area (Å²) in [5, 5.41) is 13.3. The highest BCUT2D eigenvalue weighted by Crippen LogP contribution is 2.48. The Morgan fingerprint density at radius 1 is 0.510 bits per heavy atom. The zero-order valence-electron chi connectivity index (χ0n) is 27.1. The van der Waals surface area contributed by atoms with Crippen LogP contribution < -0.4 is 0 Å². The van der Waals surface area contributed by atoms with E-state index in [1.54, 1.807) is 0 Å². The van der Waals surface area contributed by atoms with Crippen molar-refractivity contribution in [1.29, 1.82) is 0 Å². The van der Waals surface area contributed by atoms with Gasteiger partial charge >= 0.3 is 0 Å². The lowest BCUT2D eigenvalue weighted by atomic mass is 9.99. The predicted octanol–water partition coefficient (Wildman–Crippen LogP) is 13.0. The fourth-order valence-electron chi connectivity index (χ4n) is 8.37. The molecular formula is C46H25N3OS. The van der Waals surface area contributed by atoms with Crippen molar-refractivity contribution < 1.29 is 4.42 Å². The number of aromatic nitrogens is 3. The van der Waals surface area contributed by atoms with E-state index in [-0.39, 0.29) is 0 Å². The van der Waals surface area contributed by atoms with E-state index < -0.39 is 0 Å². The molecule has 0 aliphatic rings. The number of nitrogens with zero attached hydrogens (tertiary/aromatic N) is 3. The van der Waals surface area contributed by atoms with Crippen molar-refractivity contribution in [2.75, 3.05) is 0 Å². The Morgan fingerprint density at radius 3 is 2.06 bits per heavy atom. The van der Waals surface area contributed by atoms with Gasteiger partial charge < -0.3 is 4.42 Å². The molecule has 8 aromatic carbocycles. The zero-order valence-corrected chi connectivity index (χ0v) is 27.9. The van der Waals surface area contributed by atoms with Crippen molar-refractivity contribution in [3.63, 3.8) is 0 Å². The molecule has 0 fully saturated rings. The van der Waals surface area contributed by atoms with Crippen molar-refractivity contribution in [3.05, 3.63) is 152 Å². The molecule has 5 heteroatoms. The number of rotatable bonds is 2. The van der Waals surface area contributed by atoms with Gasteiger partial charge in [0.25, 0.3) is 0 Å². The molecule has 0 aliphatic heterocycles. The Kier molecular flexibility index (Phi) is 5.35. The Balaban J connectivity index is 1.25. The van der Waals surface area contributed by atoms with Crippen molar-refractivity contribution in [2.45, 2.75) is 0 Å². The Hall–Kier alpha value is -6.56. The van der Waals surface area contributed by atoms with Crippen LogP contribution in [0.3, 0.4) is 0 Å². The van der Waals surface area contributed by atoms with Gasteiger partial charge in [-0.15, -0.1) is 11.3 Å². The highest BCUT2D eigenvalue weighted by molar-refractivity contribution is 7.27. The van der Waals surface area contributed by atoms with Gasteiger partial charge in [0.2, 0.25) is 5.95 Å². The summed E-state index contributed by atoms with van der Waals surface area (Å²) in [6.45, 7) is 0. The summed E-state index contributed by atoms with van der Waals surface area (Å²) in [4.78, 5) is 10.9. The topological polar surface area (TPSA) is 43.9 Å². The number of fused-ring (bicyclic) bond motifs is 16. The zero-order chi connectivity index (χ0) is 33.2. The van der Waals surface area contributed by atoms with Gasteiger partial charge in [-0.3, -0.25) is 4.57 Å². The van der Waals surface area contributed by atoms with Crippen LogP contribution in [0.1, 0.15) is 0 Å². The summed E-state index contributed by atoms with van der Waals surface area (Å²) in [6.07, 6.45) is 0. The second-order valence-corrected chi connectivity index (χ2v) is 14.3. The molecule has 0 bridgehead atoms. The number of hydrogen-bond acceptors (Lipinski definition) is 4. The molecule has 0 saturated heterocycles.